The highest BCUT2D eigenvalue weighted by Gasteiger charge is 2.33. The van der Waals surface area contributed by atoms with Gasteiger partial charge in [0, 0.05) is 19.1 Å². The van der Waals surface area contributed by atoms with Crippen molar-refractivity contribution in [2.45, 2.75) is 57.9 Å². The molecule has 1 aliphatic carbocycles. The van der Waals surface area contributed by atoms with Crippen LogP contribution in [0.25, 0.3) is 0 Å². The Kier molecular flexibility index (Phi) is 5.26. The molecule has 5 nitrogen and oxygen atoms in total. The molecule has 20 heavy (non-hydrogen) atoms. The van der Waals surface area contributed by atoms with Crippen LogP contribution in [-0.4, -0.2) is 41.1 Å². The van der Waals surface area contributed by atoms with E-state index in [1.807, 2.05) is 0 Å². The van der Waals surface area contributed by atoms with Gasteiger partial charge in [0.2, 0.25) is 0 Å². The molecular formula is C15H26N2O3. The second-order valence-corrected chi connectivity index (χ2v) is 6.16. The van der Waals surface area contributed by atoms with Gasteiger partial charge in [-0.25, -0.2) is 4.79 Å². The van der Waals surface area contributed by atoms with Crippen LogP contribution in [0.15, 0.2) is 0 Å². The monoisotopic (exact) mass is 282 g/mol. The first-order valence-corrected chi connectivity index (χ1v) is 7.90. The Balaban J connectivity index is 1.86. The number of urea groups is 1. The number of likely N-dealkylation sites (tertiary alicyclic amines) is 1. The average Bonchev–Trinajstić information content (AvgIpc) is 3.09. The fourth-order valence-corrected chi connectivity index (χ4v) is 3.49. The largest absolute Gasteiger partial charge is 0.481 e. The number of nitrogens with one attached hydrogen (secondary N) is 1. The highest BCUT2D eigenvalue weighted by atomic mass is 16.4. The van der Waals surface area contributed by atoms with Gasteiger partial charge in [-0.05, 0) is 31.6 Å². The smallest absolute Gasteiger partial charge is 0.317 e. The number of aliphatic carboxylic acids is 1. The number of hydrogen-bond donors (Lipinski definition) is 2. The summed E-state index contributed by atoms with van der Waals surface area (Å²) >= 11 is 0. The Bertz CT molecular complexity index is 353. The van der Waals surface area contributed by atoms with Gasteiger partial charge in [0.1, 0.15) is 0 Å². The van der Waals surface area contributed by atoms with E-state index >= 15 is 0 Å². The summed E-state index contributed by atoms with van der Waals surface area (Å²) in [6.07, 6.45) is 7.62. The van der Waals surface area contributed by atoms with Crippen LogP contribution in [0.4, 0.5) is 4.79 Å². The summed E-state index contributed by atoms with van der Waals surface area (Å²) in [4.78, 5) is 24.9. The third-order valence-electron chi connectivity index (χ3n) is 4.70. The minimum atomic E-state index is -0.791. The molecule has 1 heterocycles. The Morgan fingerprint density at radius 3 is 2.55 bits per heavy atom. The zero-order valence-electron chi connectivity index (χ0n) is 12.3. The van der Waals surface area contributed by atoms with Crippen molar-refractivity contribution in [1.82, 2.24) is 10.2 Å². The summed E-state index contributed by atoms with van der Waals surface area (Å²) in [5.74, 6) is -0.574. The molecule has 114 valence electrons. The van der Waals surface area contributed by atoms with Crippen LogP contribution in [0.5, 0.6) is 0 Å². The molecule has 1 saturated heterocycles. The molecule has 2 aliphatic rings. The fourth-order valence-electron chi connectivity index (χ4n) is 3.49. The van der Waals surface area contributed by atoms with Gasteiger partial charge in [-0.2, -0.15) is 0 Å². The van der Waals surface area contributed by atoms with E-state index in [4.69, 9.17) is 5.11 Å². The number of carbonyl (C=O) groups excluding carboxylic acids is 1. The quantitative estimate of drug-likeness (QED) is 0.813. The van der Waals surface area contributed by atoms with Crippen LogP contribution in [0.3, 0.4) is 0 Å². The molecule has 2 N–H and O–H groups in total. The lowest BCUT2D eigenvalue weighted by atomic mass is 9.94. The third kappa shape index (κ3) is 3.64. The zero-order chi connectivity index (χ0) is 14.5. The Morgan fingerprint density at radius 1 is 1.30 bits per heavy atom. The predicted molar refractivity (Wildman–Crippen MR) is 76.5 cm³/mol. The van der Waals surface area contributed by atoms with E-state index in [0.717, 1.165) is 12.8 Å². The van der Waals surface area contributed by atoms with Crippen LogP contribution in [-0.2, 0) is 4.79 Å². The predicted octanol–water partition coefficient (Wildman–Crippen LogP) is 2.46. The number of nitrogens with zero attached hydrogens (tertiary/aromatic N) is 1. The van der Waals surface area contributed by atoms with E-state index < -0.39 is 11.9 Å². The number of rotatable bonds is 5. The molecular weight excluding hydrogens is 256 g/mol. The van der Waals surface area contributed by atoms with E-state index in [1.165, 1.54) is 25.7 Å². The second-order valence-electron chi connectivity index (χ2n) is 6.16. The van der Waals surface area contributed by atoms with Gasteiger partial charge in [-0.15, -0.1) is 0 Å². The molecule has 2 amide bonds. The SMILES string of the molecule is CCCC(NC(=O)N1CCC(C(=O)O)C1)C1CCCC1. The molecule has 0 radical (unpaired) electrons. The summed E-state index contributed by atoms with van der Waals surface area (Å²) in [6.45, 7) is 3.06. The van der Waals surface area contributed by atoms with Gasteiger partial charge in [0.05, 0.1) is 5.92 Å². The number of carboxylic acid groups (broad SMARTS) is 1. The molecule has 2 rings (SSSR count). The van der Waals surface area contributed by atoms with Gasteiger partial charge in [-0.3, -0.25) is 4.79 Å². The van der Waals surface area contributed by atoms with E-state index in [2.05, 4.69) is 12.2 Å². The molecule has 2 fully saturated rings. The van der Waals surface area contributed by atoms with E-state index in [-0.39, 0.29) is 12.1 Å². The summed E-state index contributed by atoms with van der Waals surface area (Å²) in [5.41, 5.74) is 0. The van der Waals surface area contributed by atoms with E-state index in [1.54, 1.807) is 4.90 Å². The maximum Gasteiger partial charge on any atom is 0.317 e. The summed E-state index contributed by atoms with van der Waals surface area (Å²) < 4.78 is 0. The Hall–Kier alpha value is -1.26. The topological polar surface area (TPSA) is 69.6 Å². The number of carboxylic acids is 1. The molecule has 1 aliphatic heterocycles. The molecule has 2 atom stereocenters. The molecule has 2 unspecified atom stereocenters. The lowest BCUT2D eigenvalue weighted by Crippen LogP contribution is -2.46. The maximum absolute atomic E-state index is 12.3. The second kappa shape index (κ2) is 6.95. The van der Waals surface area contributed by atoms with Crippen molar-refractivity contribution in [3.63, 3.8) is 0 Å². The molecule has 0 aromatic rings. The molecule has 5 heteroatoms. The minimum absolute atomic E-state index is 0.0703. The van der Waals surface area contributed by atoms with Crippen molar-refractivity contribution in [2.24, 2.45) is 11.8 Å². The van der Waals surface area contributed by atoms with Gasteiger partial charge in [0.25, 0.3) is 0 Å². The van der Waals surface area contributed by atoms with Crippen molar-refractivity contribution >= 4 is 12.0 Å². The van der Waals surface area contributed by atoms with E-state index in [0.29, 0.717) is 25.4 Å². The normalized spacial score (nSPS) is 24.9. The van der Waals surface area contributed by atoms with Crippen LogP contribution in [0.2, 0.25) is 0 Å². The lowest BCUT2D eigenvalue weighted by Gasteiger charge is -2.27. The standard InChI is InChI=1S/C15H26N2O3/c1-2-5-13(11-6-3-4-7-11)16-15(20)17-9-8-12(10-17)14(18)19/h11-13H,2-10H2,1H3,(H,16,20)(H,18,19). The van der Waals surface area contributed by atoms with Gasteiger partial charge in [-0.1, -0.05) is 26.2 Å². The highest BCUT2D eigenvalue weighted by Crippen LogP contribution is 2.29. The van der Waals surface area contributed by atoms with Gasteiger partial charge >= 0.3 is 12.0 Å². The molecule has 1 saturated carbocycles. The van der Waals surface area contributed by atoms with Crippen LogP contribution >= 0.6 is 0 Å². The van der Waals surface area contributed by atoms with Crippen LogP contribution in [0.1, 0.15) is 51.9 Å². The maximum atomic E-state index is 12.3. The van der Waals surface area contributed by atoms with Crippen molar-refractivity contribution in [2.75, 3.05) is 13.1 Å². The first-order valence-electron chi connectivity index (χ1n) is 7.90. The molecule has 0 aromatic carbocycles. The number of hydrogen-bond acceptors (Lipinski definition) is 2. The lowest BCUT2D eigenvalue weighted by molar-refractivity contribution is -0.141. The third-order valence-corrected chi connectivity index (χ3v) is 4.70. The van der Waals surface area contributed by atoms with Crippen LogP contribution in [0, 0.1) is 11.8 Å². The van der Waals surface area contributed by atoms with Gasteiger partial charge < -0.3 is 15.3 Å². The van der Waals surface area contributed by atoms with E-state index in [9.17, 15) is 9.59 Å². The molecule has 0 aromatic heterocycles. The first kappa shape index (κ1) is 15.1. The Morgan fingerprint density at radius 2 is 2.00 bits per heavy atom. The number of carbonyl (C=O) groups is 2. The highest BCUT2D eigenvalue weighted by molar-refractivity contribution is 5.77. The first-order chi connectivity index (χ1) is 9.61. The van der Waals surface area contributed by atoms with Crippen molar-refractivity contribution in [3.05, 3.63) is 0 Å². The van der Waals surface area contributed by atoms with Crippen molar-refractivity contribution in [3.8, 4) is 0 Å². The Labute approximate surface area is 120 Å². The summed E-state index contributed by atoms with van der Waals surface area (Å²) in [7, 11) is 0. The summed E-state index contributed by atoms with van der Waals surface area (Å²) in [6, 6.07) is 0.193. The molecule has 0 bridgehead atoms. The minimum Gasteiger partial charge on any atom is -0.481 e. The van der Waals surface area contributed by atoms with Crippen molar-refractivity contribution < 1.29 is 14.7 Å². The van der Waals surface area contributed by atoms with Crippen LogP contribution < -0.4 is 5.32 Å². The van der Waals surface area contributed by atoms with Crippen molar-refractivity contribution in [1.29, 1.82) is 0 Å². The molecule has 0 spiro atoms. The summed E-state index contributed by atoms with van der Waals surface area (Å²) in [5, 5.41) is 12.1. The number of amides is 2. The zero-order valence-corrected chi connectivity index (χ0v) is 12.3. The average molecular weight is 282 g/mol. The fraction of sp³-hybridized carbons (Fsp3) is 0.867. The van der Waals surface area contributed by atoms with Gasteiger partial charge in [0.15, 0.2) is 0 Å².